The standard InChI is InChI=1S/C52H33NS2/c1-3-15-37-33(13-1)27-28-34-31-36(29-30-38(34)37)53(47-23-11-17-40-39-16-4-8-24-48(39)55-51(40)47)46-22-12-21-43-41(46)32-35-14-2-5-18-42(35)52(43)44-19-6-9-25-49(44)54-50-26-10-7-20-45(50)52/h1-31H,32H2. The molecule has 0 radical (unpaired) electrons. The van der Waals surface area contributed by atoms with E-state index in [2.05, 4.69) is 193 Å². The molecule has 0 saturated carbocycles. The molecule has 0 fully saturated rings. The molecule has 1 aromatic heterocycles. The Hall–Kier alpha value is -6.13. The van der Waals surface area contributed by atoms with E-state index in [4.69, 9.17) is 0 Å². The first-order valence-corrected chi connectivity index (χ1v) is 20.6. The molecule has 0 saturated heterocycles. The molecule has 1 aliphatic carbocycles. The van der Waals surface area contributed by atoms with E-state index in [9.17, 15) is 0 Å². The number of hydrogen-bond acceptors (Lipinski definition) is 3. The van der Waals surface area contributed by atoms with Crippen LogP contribution in [-0.2, 0) is 11.8 Å². The Labute approximate surface area is 328 Å². The van der Waals surface area contributed by atoms with Gasteiger partial charge in [0, 0.05) is 37.4 Å². The van der Waals surface area contributed by atoms with Crippen LogP contribution in [0.3, 0.4) is 0 Å². The minimum Gasteiger partial charge on any atom is -0.309 e. The van der Waals surface area contributed by atoms with Gasteiger partial charge in [-0.15, -0.1) is 11.3 Å². The molecule has 1 aliphatic heterocycles. The first kappa shape index (κ1) is 31.2. The van der Waals surface area contributed by atoms with E-state index in [1.54, 1.807) is 0 Å². The molecule has 1 nitrogen and oxygen atoms in total. The van der Waals surface area contributed by atoms with Gasteiger partial charge in [0.05, 0.1) is 21.5 Å². The zero-order valence-electron chi connectivity index (χ0n) is 29.9. The van der Waals surface area contributed by atoms with Gasteiger partial charge in [0.25, 0.3) is 0 Å². The first-order valence-electron chi connectivity index (χ1n) is 19.0. The van der Waals surface area contributed by atoms with Gasteiger partial charge in [-0.2, -0.15) is 0 Å². The van der Waals surface area contributed by atoms with Crippen LogP contribution < -0.4 is 4.90 Å². The number of anilines is 3. The fraction of sp³-hybridized carbons (Fsp3) is 0.0385. The highest BCUT2D eigenvalue weighted by molar-refractivity contribution is 7.99. The highest BCUT2D eigenvalue weighted by Gasteiger charge is 2.48. The second-order valence-electron chi connectivity index (χ2n) is 14.8. The average Bonchev–Trinajstić information content (AvgIpc) is 3.63. The smallest absolute Gasteiger partial charge is 0.0729 e. The third kappa shape index (κ3) is 4.43. The van der Waals surface area contributed by atoms with Crippen LogP contribution in [0.15, 0.2) is 198 Å². The van der Waals surface area contributed by atoms with Crippen LogP contribution in [0.1, 0.15) is 33.4 Å². The van der Waals surface area contributed by atoms with Gasteiger partial charge < -0.3 is 4.90 Å². The normalized spacial score (nSPS) is 13.8. The van der Waals surface area contributed by atoms with Crippen LogP contribution in [0.25, 0.3) is 41.7 Å². The molecule has 1 spiro atoms. The Kier molecular flexibility index (Phi) is 6.78. The van der Waals surface area contributed by atoms with E-state index in [0.29, 0.717) is 0 Å². The number of fused-ring (bicyclic) bond motifs is 14. The summed E-state index contributed by atoms with van der Waals surface area (Å²) in [6.07, 6.45) is 0.845. The summed E-state index contributed by atoms with van der Waals surface area (Å²) in [5.74, 6) is 0. The van der Waals surface area contributed by atoms with Gasteiger partial charge in [0.2, 0.25) is 0 Å². The maximum atomic E-state index is 2.57. The molecule has 0 atom stereocenters. The SMILES string of the molecule is c1ccc2c(c1)Cc1c(N(c3ccc4c(ccc5ccccc54)c3)c3cccc4c3sc3ccccc34)cccc1C21c2ccccc2Sc2ccccc21. The molecule has 55 heavy (non-hydrogen) atoms. The van der Waals surface area contributed by atoms with Crippen LogP contribution in [0.5, 0.6) is 0 Å². The summed E-state index contributed by atoms with van der Waals surface area (Å²) in [4.78, 5) is 5.22. The molecule has 3 heteroatoms. The van der Waals surface area contributed by atoms with Crippen molar-refractivity contribution in [2.75, 3.05) is 4.90 Å². The summed E-state index contributed by atoms with van der Waals surface area (Å²) >= 11 is 3.80. The molecule has 0 bridgehead atoms. The number of thiophene rings is 1. The quantitative estimate of drug-likeness (QED) is 0.166. The number of nitrogens with zero attached hydrogens (tertiary/aromatic N) is 1. The van der Waals surface area contributed by atoms with Crippen molar-refractivity contribution in [1.29, 1.82) is 0 Å². The lowest BCUT2D eigenvalue weighted by molar-refractivity contribution is 0.669. The molecule has 9 aromatic carbocycles. The van der Waals surface area contributed by atoms with Crippen molar-refractivity contribution in [3.05, 3.63) is 221 Å². The van der Waals surface area contributed by atoms with Crippen molar-refractivity contribution < 1.29 is 0 Å². The summed E-state index contributed by atoms with van der Waals surface area (Å²) in [6.45, 7) is 0. The van der Waals surface area contributed by atoms with Gasteiger partial charge in [0.15, 0.2) is 0 Å². The van der Waals surface area contributed by atoms with Crippen molar-refractivity contribution in [2.45, 2.75) is 21.6 Å². The van der Waals surface area contributed by atoms with E-state index in [1.165, 1.54) is 96.3 Å². The van der Waals surface area contributed by atoms with Crippen molar-refractivity contribution >= 4 is 81.9 Å². The van der Waals surface area contributed by atoms with Crippen molar-refractivity contribution in [3.63, 3.8) is 0 Å². The Morgan fingerprint density at radius 1 is 0.436 bits per heavy atom. The molecule has 0 amide bonds. The Bertz CT molecular complexity index is 3130. The summed E-state index contributed by atoms with van der Waals surface area (Å²) in [5, 5.41) is 7.68. The molecular weight excluding hydrogens is 703 g/mol. The number of benzene rings is 9. The predicted octanol–water partition coefficient (Wildman–Crippen LogP) is 14.6. The number of hydrogen-bond donors (Lipinski definition) is 0. The van der Waals surface area contributed by atoms with Gasteiger partial charge >= 0.3 is 0 Å². The van der Waals surface area contributed by atoms with Crippen LogP contribution in [0, 0.1) is 0 Å². The molecule has 0 unspecified atom stereocenters. The van der Waals surface area contributed by atoms with Crippen molar-refractivity contribution in [3.8, 4) is 0 Å². The molecule has 2 heterocycles. The maximum absolute atomic E-state index is 2.57. The number of rotatable bonds is 3. The fourth-order valence-corrected chi connectivity index (χ4v) is 12.1. The molecule has 0 N–H and O–H groups in total. The third-order valence-corrected chi connectivity index (χ3v) is 14.4. The maximum Gasteiger partial charge on any atom is 0.0729 e. The summed E-state index contributed by atoms with van der Waals surface area (Å²) in [7, 11) is 0. The minimum atomic E-state index is -0.462. The summed E-state index contributed by atoms with van der Waals surface area (Å²) in [5.41, 5.74) is 11.4. The monoisotopic (exact) mass is 735 g/mol. The second-order valence-corrected chi connectivity index (χ2v) is 16.9. The van der Waals surface area contributed by atoms with E-state index < -0.39 is 5.41 Å². The topological polar surface area (TPSA) is 3.24 Å². The van der Waals surface area contributed by atoms with Crippen LogP contribution in [-0.4, -0.2) is 0 Å². The van der Waals surface area contributed by atoms with Gasteiger partial charge in [-0.3, -0.25) is 0 Å². The van der Waals surface area contributed by atoms with Crippen LogP contribution >= 0.6 is 23.1 Å². The zero-order valence-corrected chi connectivity index (χ0v) is 31.5. The first-order chi connectivity index (χ1) is 27.3. The molecule has 12 rings (SSSR count). The zero-order chi connectivity index (χ0) is 36.1. The van der Waals surface area contributed by atoms with E-state index in [1.807, 2.05) is 23.1 Å². The second kappa shape index (κ2) is 11.9. The lowest BCUT2D eigenvalue weighted by Crippen LogP contribution is -2.38. The molecular formula is C52H33NS2. The molecule has 2 aliphatic rings. The molecule has 10 aromatic rings. The Morgan fingerprint density at radius 2 is 1.05 bits per heavy atom. The third-order valence-electron chi connectivity index (χ3n) is 12.0. The molecule has 258 valence electrons. The summed E-state index contributed by atoms with van der Waals surface area (Å²) < 4.78 is 2.61. The van der Waals surface area contributed by atoms with Gasteiger partial charge in [-0.05, 0) is 97.4 Å². The van der Waals surface area contributed by atoms with E-state index in [-0.39, 0.29) is 0 Å². The van der Waals surface area contributed by atoms with E-state index >= 15 is 0 Å². The minimum absolute atomic E-state index is 0.462. The largest absolute Gasteiger partial charge is 0.309 e. The van der Waals surface area contributed by atoms with Gasteiger partial charge in [0.1, 0.15) is 0 Å². The average molecular weight is 736 g/mol. The fourth-order valence-electron chi connectivity index (χ4n) is 9.73. The van der Waals surface area contributed by atoms with Crippen molar-refractivity contribution in [1.82, 2.24) is 0 Å². The van der Waals surface area contributed by atoms with Crippen LogP contribution in [0.4, 0.5) is 17.1 Å². The summed E-state index contributed by atoms with van der Waals surface area (Å²) in [6, 6.07) is 70.6. The lowest BCUT2D eigenvalue weighted by Gasteiger charge is -2.47. The van der Waals surface area contributed by atoms with Gasteiger partial charge in [-0.1, -0.05) is 157 Å². The van der Waals surface area contributed by atoms with E-state index in [0.717, 1.165) is 12.1 Å². The highest BCUT2D eigenvalue weighted by atomic mass is 32.2. The lowest BCUT2D eigenvalue weighted by atomic mass is 9.59. The predicted molar refractivity (Wildman–Crippen MR) is 234 cm³/mol. The van der Waals surface area contributed by atoms with Crippen LogP contribution in [0.2, 0.25) is 0 Å². The Morgan fingerprint density at radius 3 is 1.91 bits per heavy atom. The Balaban J connectivity index is 1.19. The highest BCUT2D eigenvalue weighted by Crippen LogP contribution is 2.60. The van der Waals surface area contributed by atoms with Crippen molar-refractivity contribution in [2.24, 2.45) is 0 Å². The van der Waals surface area contributed by atoms with Gasteiger partial charge in [-0.25, -0.2) is 0 Å².